The van der Waals surface area contributed by atoms with Crippen molar-refractivity contribution in [3.05, 3.63) is 73.8 Å². The predicted molar refractivity (Wildman–Crippen MR) is 70.7 cm³/mol. The first kappa shape index (κ1) is 13.5. The zero-order chi connectivity index (χ0) is 14.7. The molecule has 0 fully saturated rings. The number of nitro groups is 2. The summed E-state index contributed by atoms with van der Waals surface area (Å²) in [6.45, 7) is 0. The molecule has 0 heterocycles. The van der Waals surface area contributed by atoms with Crippen LogP contribution in [0.4, 0.5) is 11.4 Å². The molecule has 102 valence electrons. The molecule has 2 aromatic carbocycles. The summed E-state index contributed by atoms with van der Waals surface area (Å²) in [7, 11) is 0. The molecule has 2 rings (SSSR count). The van der Waals surface area contributed by atoms with Crippen molar-refractivity contribution in [3.8, 4) is 5.75 Å². The lowest BCUT2D eigenvalue weighted by atomic mass is 10.0. The number of phenols is 1. The summed E-state index contributed by atoms with van der Waals surface area (Å²) in [5.74, 6) is -0.710. The normalized spacial score (nSPS) is 10.2. The van der Waals surface area contributed by atoms with Crippen LogP contribution in [0.1, 0.15) is 11.1 Å². The fraction of sp³-hybridized carbons (Fsp3) is 0.0769. The molecule has 0 radical (unpaired) electrons. The molecule has 0 atom stereocenters. The van der Waals surface area contributed by atoms with Crippen LogP contribution in [0, 0.1) is 20.2 Å². The Morgan fingerprint density at radius 3 is 2.05 bits per heavy atom. The number of nitrogens with zero attached hydrogens (tertiary/aromatic N) is 2. The second kappa shape index (κ2) is 5.35. The van der Waals surface area contributed by atoms with Crippen LogP contribution in [0.15, 0.2) is 42.5 Å². The molecule has 0 aliphatic heterocycles. The van der Waals surface area contributed by atoms with E-state index in [-0.39, 0.29) is 12.0 Å². The molecule has 7 heteroatoms. The zero-order valence-electron chi connectivity index (χ0n) is 10.2. The quantitative estimate of drug-likeness (QED) is 0.681. The van der Waals surface area contributed by atoms with E-state index < -0.39 is 27.0 Å². The highest BCUT2D eigenvalue weighted by molar-refractivity contribution is 5.65. The molecule has 0 aromatic heterocycles. The van der Waals surface area contributed by atoms with Gasteiger partial charge in [0.25, 0.3) is 0 Å². The Balaban J connectivity index is 2.56. The van der Waals surface area contributed by atoms with Crippen molar-refractivity contribution in [2.45, 2.75) is 6.42 Å². The van der Waals surface area contributed by atoms with Crippen molar-refractivity contribution in [1.29, 1.82) is 0 Å². The molecule has 0 spiro atoms. The molecule has 0 unspecified atom stereocenters. The second-order valence-electron chi connectivity index (χ2n) is 4.12. The maximum atomic E-state index is 11.1. The number of aromatic hydroxyl groups is 1. The van der Waals surface area contributed by atoms with Gasteiger partial charge in [0.15, 0.2) is 0 Å². The van der Waals surface area contributed by atoms with E-state index in [1.165, 1.54) is 6.07 Å². The van der Waals surface area contributed by atoms with Crippen LogP contribution >= 0.6 is 0 Å². The van der Waals surface area contributed by atoms with Crippen molar-refractivity contribution < 1.29 is 15.0 Å². The molecule has 0 amide bonds. The monoisotopic (exact) mass is 274 g/mol. The van der Waals surface area contributed by atoms with E-state index in [0.717, 1.165) is 11.6 Å². The topological polar surface area (TPSA) is 107 Å². The summed E-state index contributed by atoms with van der Waals surface area (Å²) in [6.07, 6.45) is 0.179. The van der Waals surface area contributed by atoms with Crippen molar-refractivity contribution in [1.82, 2.24) is 0 Å². The molecule has 0 aliphatic carbocycles. The van der Waals surface area contributed by atoms with Crippen molar-refractivity contribution >= 4 is 11.4 Å². The first-order chi connectivity index (χ1) is 9.50. The number of hydrogen-bond donors (Lipinski definition) is 1. The van der Waals surface area contributed by atoms with Crippen molar-refractivity contribution in [3.63, 3.8) is 0 Å². The second-order valence-corrected chi connectivity index (χ2v) is 4.12. The van der Waals surface area contributed by atoms with E-state index in [0.29, 0.717) is 0 Å². The number of nitro benzene ring substituents is 2. The van der Waals surface area contributed by atoms with E-state index >= 15 is 0 Å². The molecular weight excluding hydrogens is 264 g/mol. The first-order valence-electron chi connectivity index (χ1n) is 5.68. The van der Waals surface area contributed by atoms with Gasteiger partial charge in [-0.1, -0.05) is 30.3 Å². The summed E-state index contributed by atoms with van der Waals surface area (Å²) in [4.78, 5) is 20.2. The third-order valence-corrected chi connectivity index (χ3v) is 2.82. The van der Waals surface area contributed by atoms with Crippen LogP contribution in [0.5, 0.6) is 5.75 Å². The third-order valence-electron chi connectivity index (χ3n) is 2.82. The molecule has 0 aliphatic rings. The van der Waals surface area contributed by atoms with Gasteiger partial charge in [-0.3, -0.25) is 20.2 Å². The average Bonchev–Trinajstić information content (AvgIpc) is 2.41. The molecule has 20 heavy (non-hydrogen) atoms. The van der Waals surface area contributed by atoms with Crippen LogP contribution in [0.2, 0.25) is 0 Å². The largest absolute Gasteiger partial charge is 0.502 e. The molecule has 2 aromatic rings. The summed E-state index contributed by atoms with van der Waals surface area (Å²) in [6, 6.07) is 11.3. The van der Waals surface area contributed by atoms with Crippen LogP contribution in [0.3, 0.4) is 0 Å². The molecular formula is C13H10N2O5. The van der Waals surface area contributed by atoms with Gasteiger partial charge in [-0.15, -0.1) is 0 Å². The highest BCUT2D eigenvalue weighted by Crippen LogP contribution is 2.39. The van der Waals surface area contributed by atoms with Gasteiger partial charge in [-0.2, -0.15) is 0 Å². The fourth-order valence-electron chi connectivity index (χ4n) is 1.95. The molecule has 0 saturated carbocycles. The van der Waals surface area contributed by atoms with Crippen molar-refractivity contribution in [2.24, 2.45) is 0 Å². The maximum absolute atomic E-state index is 11.1. The Morgan fingerprint density at radius 2 is 1.50 bits per heavy atom. The minimum Gasteiger partial charge on any atom is -0.502 e. The van der Waals surface area contributed by atoms with E-state index in [2.05, 4.69) is 0 Å². The minimum atomic E-state index is -0.942. The van der Waals surface area contributed by atoms with Crippen LogP contribution in [-0.4, -0.2) is 15.0 Å². The number of rotatable bonds is 4. The SMILES string of the molecule is O=[N+]([O-])c1c(O)ccc(Cc2ccccc2)c1[N+](=O)[O-]. The fourth-order valence-corrected chi connectivity index (χ4v) is 1.95. The Hall–Kier alpha value is -2.96. The third kappa shape index (κ3) is 2.56. The van der Waals surface area contributed by atoms with Crippen LogP contribution in [-0.2, 0) is 6.42 Å². The number of benzene rings is 2. The summed E-state index contributed by atoms with van der Waals surface area (Å²) >= 11 is 0. The van der Waals surface area contributed by atoms with Gasteiger partial charge >= 0.3 is 11.4 Å². The Labute approximate surface area is 113 Å². The van der Waals surface area contributed by atoms with E-state index in [9.17, 15) is 25.3 Å². The van der Waals surface area contributed by atoms with E-state index in [1.807, 2.05) is 0 Å². The molecule has 7 nitrogen and oxygen atoms in total. The van der Waals surface area contributed by atoms with Gasteiger partial charge in [-0.25, -0.2) is 0 Å². The zero-order valence-corrected chi connectivity index (χ0v) is 10.2. The van der Waals surface area contributed by atoms with E-state index in [1.54, 1.807) is 30.3 Å². The first-order valence-corrected chi connectivity index (χ1v) is 5.68. The highest BCUT2D eigenvalue weighted by Gasteiger charge is 2.32. The predicted octanol–water partition coefficient (Wildman–Crippen LogP) is 2.80. The van der Waals surface area contributed by atoms with Crippen molar-refractivity contribution in [2.75, 3.05) is 0 Å². The summed E-state index contributed by atoms with van der Waals surface area (Å²) < 4.78 is 0. The van der Waals surface area contributed by atoms with Crippen LogP contribution in [0.25, 0.3) is 0 Å². The minimum absolute atomic E-state index is 0.179. The Bertz CT molecular complexity index is 670. The summed E-state index contributed by atoms with van der Waals surface area (Å²) in [5, 5.41) is 31.4. The van der Waals surface area contributed by atoms with Gasteiger partial charge in [0, 0.05) is 12.0 Å². The van der Waals surface area contributed by atoms with Gasteiger partial charge in [-0.05, 0) is 17.7 Å². The number of phenolic OH excluding ortho intramolecular Hbond substituents is 1. The average molecular weight is 274 g/mol. The summed E-state index contributed by atoms with van der Waals surface area (Å²) in [5.41, 5.74) is -0.566. The van der Waals surface area contributed by atoms with E-state index in [4.69, 9.17) is 0 Å². The smallest absolute Gasteiger partial charge is 0.387 e. The van der Waals surface area contributed by atoms with Gasteiger partial charge in [0.1, 0.15) is 0 Å². The Kier molecular flexibility index (Phi) is 3.60. The lowest BCUT2D eigenvalue weighted by Crippen LogP contribution is -2.02. The number of hydrogen-bond acceptors (Lipinski definition) is 5. The van der Waals surface area contributed by atoms with Gasteiger partial charge < -0.3 is 5.11 Å². The maximum Gasteiger partial charge on any atom is 0.387 e. The molecule has 0 bridgehead atoms. The van der Waals surface area contributed by atoms with Gasteiger partial charge in [0.05, 0.1) is 9.85 Å². The lowest BCUT2D eigenvalue weighted by Gasteiger charge is -2.05. The highest BCUT2D eigenvalue weighted by atomic mass is 16.6. The standard InChI is InChI=1S/C13H10N2O5/c16-11-7-6-10(8-9-4-2-1-3-5-9)12(14(17)18)13(11)15(19)20/h1-7,16H,8H2. The molecule has 1 N–H and O–H groups in total. The molecule has 0 saturated heterocycles. The lowest BCUT2D eigenvalue weighted by molar-refractivity contribution is -0.423. The Morgan fingerprint density at radius 1 is 0.900 bits per heavy atom. The van der Waals surface area contributed by atoms with Crippen LogP contribution < -0.4 is 0 Å². The van der Waals surface area contributed by atoms with Gasteiger partial charge in [0.2, 0.25) is 5.75 Å².